The first kappa shape index (κ1) is 16.7. The van der Waals surface area contributed by atoms with Crippen molar-refractivity contribution >= 4 is 32.6 Å². The van der Waals surface area contributed by atoms with Gasteiger partial charge in [-0.15, -0.1) is 0 Å². The molecule has 26 heavy (non-hydrogen) atoms. The molecule has 1 amide bonds. The first-order chi connectivity index (χ1) is 12.7. The van der Waals surface area contributed by atoms with Crippen LogP contribution in [-0.4, -0.2) is 47.1 Å². The Balaban J connectivity index is 1.40. The van der Waals surface area contributed by atoms with Crippen molar-refractivity contribution in [2.24, 2.45) is 0 Å². The molecule has 1 fully saturated rings. The highest BCUT2D eigenvalue weighted by molar-refractivity contribution is 7.22. The molecule has 8 heteroatoms. The number of fused-ring (bicyclic) bond motifs is 1. The molecule has 0 spiro atoms. The van der Waals surface area contributed by atoms with Gasteiger partial charge >= 0.3 is 0 Å². The Labute approximate surface area is 155 Å². The van der Waals surface area contributed by atoms with Gasteiger partial charge in [0, 0.05) is 25.3 Å². The summed E-state index contributed by atoms with van der Waals surface area (Å²) >= 11 is 1.68. The number of aromatic nitrogens is 3. The molecular weight excluding hydrogens is 350 g/mol. The Morgan fingerprint density at radius 1 is 1.31 bits per heavy atom. The van der Waals surface area contributed by atoms with Gasteiger partial charge in [0.05, 0.1) is 11.8 Å². The van der Waals surface area contributed by atoms with Gasteiger partial charge in [-0.2, -0.15) is 0 Å². The molecule has 3 aromatic rings. The number of para-hydroxylation sites is 1. The summed E-state index contributed by atoms with van der Waals surface area (Å²) in [5.74, 6) is 0.660. The number of methoxy groups -OCH3 is 1. The second-order valence-corrected chi connectivity index (χ2v) is 7.14. The molecule has 7 nitrogen and oxygen atoms in total. The molecular formula is C18H19N5O2S. The van der Waals surface area contributed by atoms with Crippen LogP contribution in [0.4, 0.5) is 5.13 Å². The molecule has 4 rings (SSSR count). The van der Waals surface area contributed by atoms with Crippen LogP contribution in [0, 0.1) is 0 Å². The van der Waals surface area contributed by atoms with Crippen molar-refractivity contribution in [2.45, 2.75) is 18.9 Å². The van der Waals surface area contributed by atoms with Crippen LogP contribution in [0.5, 0.6) is 5.75 Å². The summed E-state index contributed by atoms with van der Waals surface area (Å²) in [4.78, 5) is 27.1. The Hall–Kier alpha value is -2.74. The van der Waals surface area contributed by atoms with E-state index >= 15 is 0 Å². The summed E-state index contributed by atoms with van der Waals surface area (Å²) in [6, 6.07) is 7.75. The molecule has 1 aromatic carbocycles. The number of amides is 1. The molecule has 0 aliphatic carbocycles. The van der Waals surface area contributed by atoms with E-state index < -0.39 is 0 Å². The molecule has 134 valence electrons. The highest BCUT2D eigenvalue weighted by Crippen LogP contribution is 2.34. The number of hydrogen-bond donors (Lipinski definition) is 1. The molecule has 1 saturated heterocycles. The number of hydrogen-bond acceptors (Lipinski definition) is 7. The highest BCUT2D eigenvalue weighted by atomic mass is 32.1. The summed E-state index contributed by atoms with van der Waals surface area (Å²) in [5.41, 5.74) is 1.31. The van der Waals surface area contributed by atoms with Crippen LogP contribution < -0.4 is 15.0 Å². The molecule has 0 radical (unpaired) electrons. The number of carbonyl (C=O) groups is 1. The van der Waals surface area contributed by atoms with Gasteiger partial charge < -0.3 is 15.0 Å². The van der Waals surface area contributed by atoms with Gasteiger partial charge in [-0.3, -0.25) is 4.79 Å². The number of rotatable bonds is 4. The third kappa shape index (κ3) is 3.32. The van der Waals surface area contributed by atoms with Crippen LogP contribution >= 0.6 is 11.3 Å². The smallest absolute Gasteiger partial charge is 0.270 e. The normalized spacial score (nSPS) is 15.2. The molecule has 0 atom stereocenters. The van der Waals surface area contributed by atoms with Gasteiger partial charge in [0.15, 0.2) is 5.13 Å². The predicted molar refractivity (Wildman–Crippen MR) is 101 cm³/mol. The average Bonchev–Trinajstić information content (AvgIpc) is 3.13. The van der Waals surface area contributed by atoms with Crippen LogP contribution in [0.3, 0.4) is 0 Å². The van der Waals surface area contributed by atoms with E-state index in [0.29, 0.717) is 5.69 Å². The van der Waals surface area contributed by atoms with Crippen molar-refractivity contribution < 1.29 is 9.53 Å². The molecule has 0 saturated carbocycles. The second-order valence-electron chi connectivity index (χ2n) is 6.13. The van der Waals surface area contributed by atoms with Crippen LogP contribution in [0.15, 0.2) is 36.8 Å². The lowest BCUT2D eigenvalue weighted by molar-refractivity contribution is 0.0926. The zero-order chi connectivity index (χ0) is 17.9. The van der Waals surface area contributed by atoms with Gasteiger partial charge in [0.2, 0.25) is 0 Å². The van der Waals surface area contributed by atoms with E-state index in [1.807, 2.05) is 12.1 Å². The van der Waals surface area contributed by atoms with E-state index in [-0.39, 0.29) is 11.9 Å². The lowest BCUT2D eigenvalue weighted by Gasteiger charge is -2.32. The average molecular weight is 369 g/mol. The third-order valence-electron chi connectivity index (χ3n) is 4.51. The molecule has 3 heterocycles. The molecule has 0 bridgehead atoms. The van der Waals surface area contributed by atoms with Crippen molar-refractivity contribution in [1.29, 1.82) is 0 Å². The van der Waals surface area contributed by atoms with Crippen molar-refractivity contribution in [1.82, 2.24) is 20.3 Å². The maximum atomic E-state index is 12.2. The quantitative estimate of drug-likeness (QED) is 0.761. The number of ether oxygens (including phenoxy) is 1. The standard InChI is InChI=1S/C18H19N5O2S/c1-25-14-3-2-4-15-16(14)22-18(26-15)23-9-6-12(7-10-23)21-17(24)13-5-8-19-11-20-13/h2-5,8,11-12H,6-7,9-10H2,1H3,(H,21,24). The maximum Gasteiger partial charge on any atom is 0.270 e. The van der Waals surface area contributed by atoms with Crippen LogP contribution in [0.1, 0.15) is 23.3 Å². The fourth-order valence-corrected chi connectivity index (χ4v) is 4.15. The first-order valence-electron chi connectivity index (χ1n) is 8.50. The minimum atomic E-state index is -0.143. The fourth-order valence-electron chi connectivity index (χ4n) is 3.11. The monoisotopic (exact) mass is 369 g/mol. The van der Waals surface area contributed by atoms with Gasteiger partial charge in [0.1, 0.15) is 23.3 Å². The van der Waals surface area contributed by atoms with E-state index in [0.717, 1.165) is 47.0 Å². The van der Waals surface area contributed by atoms with Crippen molar-refractivity contribution in [2.75, 3.05) is 25.1 Å². The summed E-state index contributed by atoms with van der Waals surface area (Å²) < 4.78 is 6.52. The van der Waals surface area contributed by atoms with Gasteiger partial charge in [-0.25, -0.2) is 15.0 Å². The van der Waals surface area contributed by atoms with E-state index in [1.54, 1.807) is 30.7 Å². The fraction of sp³-hybridized carbons (Fsp3) is 0.333. The first-order valence-corrected chi connectivity index (χ1v) is 9.31. The van der Waals surface area contributed by atoms with Crippen LogP contribution in [0.25, 0.3) is 10.2 Å². The predicted octanol–water partition coefficient (Wildman–Crippen LogP) is 2.49. The Morgan fingerprint density at radius 2 is 2.15 bits per heavy atom. The SMILES string of the molecule is COc1cccc2sc(N3CCC(NC(=O)c4ccncn4)CC3)nc12. The second kappa shape index (κ2) is 7.25. The number of anilines is 1. The van der Waals surface area contributed by atoms with E-state index in [4.69, 9.17) is 9.72 Å². The molecule has 0 unspecified atom stereocenters. The Kier molecular flexibility index (Phi) is 4.66. The van der Waals surface area contributed by atoms with E-state index in [9.17, 15) is 4.79 Å². The zero-order valence-corrected chi connectivity index (χ0v) is 15.2. The summed E-state index contributed by atoms with van der Waals surface area (Å²) in [6.07, 6.45) is 4.72. The van der Waals surface area contributed by atoms with Crippen LogP contribution in [0.2, 0.25) is 0 Å². The number of carbonyl (C=O) groups excluding carboxylic acids is 1. The molecule has 1 aliphatic heterocycles. The van der Waals surface area contributed by atoms with Gasteiger partial charge in [0.25, 0.3) is 5.91 Å². The van der Waals surface area contributed by atoms with Crippen LogP contribution in [-0.2, 0) is 0 Å². The highest BCUT2D eigenvalue weighted by Gasteiger charge is 2.24. The van der Waals surface area contributed by atoms with E-state index in [1.165, 1.54) is 6.33 Å². The Morgan fingerprint density at radius 3 is 2.88 bits per heavy atom. The summed E-state index contributed by atoms with van der Waals surface area (Å²) in [6.45, 7) is 1.72. The topological polar surface area (TPSA) is 80.2 Å². The number of nitrogens with zero attached hydrogens (tertiary/aromatic N) is 4. The van der Waals surface area contributed by atoms with Gasteiger partial charge in [-0.1, -0.05) is 17.4 Å². The molecule has 1 N–H and O–H groups in total. The molecule has 1 aliphatic rings. The maximum absolute atomic E-state index is 12.2. The minimum absolute atomic E-state index is 0.143. The minimum Gasteiger partial charge on any atom is -0.494 e. The zero-order valence-electron chi connectivity index (χ0n) is 14.4. The number of piperidine rings is 1. The van der Waals surface area contributed by atoms with Crippen molar-refractivity contribution in [3.63, 3.8) is 0 Å². The van der Waals surface area contributed by atoms with Crippen molar-refractivity contribution in [3.05, 3.63) is 42.5 Å². The summed E-state index contributed by atoms with van der Waals surface area (Å²) in [7, 11) is 1.67. The number of benzene rings is 1. The number of thiazole rings is 1. The van der Waals surface area contributed by atoms with Gasteiger partial charge in [-0.05, 0) is 31.0 Å². The lowest BCUT2D eigenvalue weighted by Crippen LogP contribution is -2.44. The Bertz CT molecular complexity index is 906. The van der Waals surface area contributed by atoms with Crippen molar-refractivity contribution in [3.8, 4) is 5.75 Å². The summed E-state index contributed by atoms with van der Waals surface area (Å²) in [5, 5.41) is 4.06. The third-order valence-corrected chi connectivity index (χ3v) is 5.59. The number of nitrogens with one attached hydrogen (secondary N) is 1. The lowest BCUT2D eigenvalue weighted by atomic mass is 10.1. The largest absolute Gasteiger partial charge is 0.494 e. The van der Waals surface area contributed by atoms with E-state index in [2.05, 4.69) is 26.3 Å². The molecule has 2 aromatic heterocycles.